The van der Waals surface area contributed by atoms with Gasteiger partial charge in [-0.05, 0) is 60.0 Å². The predicted molar refractivity (Wildman–Crippen MR) is 137 cm³/mol. The van der Waals surface area contributed by atoms with Crippen molar-refractivity contribution < 1.29 is 32.2 Å². The largest absolute Gasteiger partial charge is 0.497 e. The van der Waals surface area contributed by atoms with E-state index in [9.17, 15) is 18.0 Å². The molecule has 4 aromatic rings. The molecule has 6 nitrogen and oxygen atoms in total. The van der Waals surface area contributed by atoms with E-state index >= 15 is 0 Å². The highest BCUT2D eigenvalue weighted by atomic mass is 19.1. The van der Waals surface area contributed by atoms with Gasteiger partial charge in [0.05, 0.1) is 25.8 Å². The van der Waals surface area contributed by atoms with Crippen molar-refractivity contribution in [3.8, 4) is 28.5 Å². The zero-order valence-corrected chi connectivity index (χ0v) is 20.8. The van der Waals surface area contributed by atoms with Crippen molar-refractivity contribution >= 4 is 11.6 Å². The highest BCUT2D eigenvalue weighted by molar-refractivity contribution is 5.92. The highest BCUT2D eigenvalue weighted by Crippen LogP contribution is 2.32. The van der Waals surface area contributed by atoms with Gasteiger partial charge in [-0.1, -0.05) is 24.3 Å². The van der Waals surface area contributed by atoms with Crippen molar-refractivity contribution in [1.29, 1.82) is 0 Å². The number of rotatable bonds is 10. The number of pyridine rings is 1. The monoisotopic (exact) mass is 522 g/mol. The first kappa shape index (κ1) is 26.5. The molecule has 3 aromatic carbocycles. The lowest BCUT2D eigenvalue weighted by Crippen LogP contribution is -2.16. The number of ether oxygens (including phenoxy) is 3. The quantitative estimate of drug-likeness (QED) is 0.264. The van der Waals surface area contributed by atoms with E-state index < -0.39 is 23.4 Å². The molecule has 0 atom stereocenters. The van der Waals surface area contributed by atoms with Crippen LogP contribution in [0.3, 0.4) is 0 Å². The first-order valence-corrected chi connectivity index (χ1v) is 11.8. The lowest BCUT2D eigenvalue weighted by molar-refractivity contribution is -0.115. The van der Waals surface area contributed by atoms with Gasteiger partial charge in [-0.3, -0.25) is 4.79 Å². The molecule has 0 radical (unpaired) electrons. The van der Waals surface area contributed by atoms with Crippen LogP contribution >= 0.6 is 0 Å². The lowest BCUT2D eigenvalue weighted by Gasteiger charge is -2.13. The molecule has 0 aliphatic heterocycles. The Morgan fingerprint density at radius 2 is 1.68 bits per heavy atom. The Morgan fingerprint density at radius 3 is 2.39 bits per heavy atom. The van der Waals surface area contributed by atoms with Crippen LogP contribution in [-0.2, 0) is 17.8 Å². The smallest absolute Gasteiger partial charge is 0.257 e. The maximum absolute atomic E-state index is 14.9. The fourth-order valence-electron chi connectivity index (χ4n) is 3.66. The topological polar surface area (TPSA) is 69.7 Å². The molecule has 0 bridgehead atoms. The second kappa shape index (κ2) is 12.1. The molecule has 0 unspecified atom stereocenters. The highest BCUT2D eigenvalue weighted by Gasteiger charge is 2.15. The van der Waals surface area contributed by atoms with Crippen LogP contribution in [0.1, 0.15) is 18.1 Å². The van der Waals surface area contributed by atoms with Gasteiger partial charge in [0, 0.05) is 17.8 Å². The van der Waals surface area contributed by atoms with Gasteiger partial charge in [-0.25, -0.2) is 18.2 Å². The van der Waals surface area contributed by atoms with Crippen LogP contribution in [0.15, 0.2) is 72.9 Å². The number of nitrogens with one attached hydrogen (secondary N) is 1. The van der Waals surface area contributed by atoms with Gasteiger partial charge in [0.1, 0.15) is 29.8 Å². The van der Waals surface area contributed by atoms with E-state index in [2.05, 4.69) is 10.3 Å². The summed E-state index contributed by atoms with van der Waals surface area (Å²) in [6.45, 7) is 2.47. The summed E-state index contributed by atoms with van der Waals surface area (Å²) in [6, 6.07) is 16.2. The van der Waals surface area contributed by atoms with Crippen molar-refractivity contribution in [2.75, 3.05) is 19.0 Å². The lowest BCUT2D eigenvalue weighted by atomic mass is 10.0. The van der Waals surface area contributed by atoms with Crippen molar-refractivity contribution in [1.82, 2.24) is 4.98 Å². The first-order valence-electron chi connectivity index (χ1n) is 11.8. The molecule has 0 spiro atoms. The maximum atomic E-state index is 14.9. The van der Waals surface area contributed by atoms with Crippen LogP contribution in [0.4, 0.5) is 18.9 Å². The molecule has 196 valence electrons. The Labute approximate surface area is 218 Å². The molecule has 1 amide bonds. The van der Waals surface area contributed by atoms with Gasteiger partial charge < -0.3 is 19.5 Å². The Morgan fingerprint density at radius 1 is 0.895 bits per heavy atom. The minimum atomic E-state index is -0.787. The summed E-state index contributed by atoms with van der Waals surface area (Å²) in [6.07, 6.45) is 1.18. The summed E-state index contributed by atoms with van der Waals surface area (Å²) in [4.78, 5) is 16.6. The number of carbonyl (C=O) groups is 1. The number of benzene rings is 3. The molecule has 0 aliphatic rings. The van der Waals surface area contributed by atoms with E-state index in [1.54, 1.807) is 25.4 Å². The van der Waals surface area contributed by atoms with E-state index in [1.165, 1.54) is 12.1 Å². The Balaban J connectivity index is 1.46. The molecule has 0 aliphatic carbocycles. The fraction of sp³-hybridized carbons (Fsp3) is 0.172. The van der Waals surface area contributed by atoms with E-state index in [4.69, 9.17) is 14.2 Å². The van der Waals surface area contributed by atoms with E-state index in [0.717, 1.165) is 29.5 Å². The molecule has 38 heavy (non-hydrogen) atoms. The molecule has 9 heteroatoms. The van der Waals surface area contributed by atoms with Crippen LogP contribution in [0.5, 0.6) is 17.4 Å². The first-order chi connectivity index (χ1) is 18.4. The molecular formula is C29H25F3N2O4. The van der Waals surface area contributed by atoms with Crippen LogP contribution in [-0.4, -0.2) is 24.6 Å². The van der Waals surface area contributed by atoms with Crippen molar-refractivity contribution in [3.63, 3.8) is 0 Å². The van der Waals surface area contributed by atoms with Gasteiger partial charge in [0.2, 0.25) is 5.91 Å². The molecule has 4 rings (SSSR count). The summed E-state index contributed by atoms with van der Waals surface area (Å²) in [5.74, 6) is -1.36. The van der Waals surface area contributed by atoms with Gasteiger partial charge in [-0.2, -0.15) is 0 Å². The van der Waals surface area contributed by atoms with E-state index in [-0.39, 0.29) is 24.3 Å². The molecule has 0 saturated heterocycles. The number of methoxy groups -OCH3 is 1. The summed E-state index contributed by atoms with van der Waals surface area (Å²) in [5.41, 5.74) is 1.80. The second-order valence-corrected chi connectivity index (χ2v) is 8.25. The summed E-state index contributed by atoms with van der Waals surface area (Å²) < 4.78 is 58.7. The van der Waals surface area contributed by atoms with Crippen molar-refractivity contribution in [2.24, 2.45) is 0 Å². The number of amides is 1. The van der Waals surface area contributed by atoms with Gasteiger partial charge >= 0.3 is 0 Å². The van der Waals surface area contributed by atoms with Crippen molar-refractivity contribution in [3.05, 3.63) is 102 Å². The Hall–Kier alpha value is -4.53. The number of nitrogens with zero attached hydrogens (tertiary/aromatic N) is 1. The zero-order valence-electron chi connectivity index (χ0n) is 20.8. The Kier molecular flexibility index (Phi) is 8.47. The van der Waals surface area contributed by atoms with Crippen LogP contribution in [0, 0.1) is 17.5 Å². The molecule has 1 aromatic heterocycles. The average molecular weight is 523 g/mol. The van der Waals surface area contributed by atoms with Crippen molar-refractivity contribution in [2.45, 2.75) is 20.0 Å². The second-order valence-electron chi connectivity index (χ2n) is 8.25. The predicted octanol–water partition coefficient (Wildman–Crippen LogP) is 6.33. The molecule has 1 N–H and O–H groups in total. The SMILES string of the molecule is CCOc1cc(-c2ccc(CC(=O)Nc3cc(F)ccc3F)c(F)c2)cnc1OCc1ccc(OC)cc1. The minimum Gasteiger partial charge on any atom is -0.497 e. The maximum Gasteiger partial charge on any atom is 0.257 e. The molecule has 0 saturated carbocycles. The summed E-state index contributed by atoms with van der Waals surface area (Å²) in [7, 11) is 1.60. The van der Waals surface area contributed by atoms with E-state index in [0.29, 0.717) is 29.4 Å². The number of halogens is 3. The summed E-state index contributed by atoms with van der Waals surface area (Å²) in [5, 5.41) is 2.26. The van der Waals surface area contributed by atoms with Gasteiger partial charge in [0.15, 0.2) is 5.75 Å². The standard InChI is InChI=1S/C29H25F3N2O4/c1-3-37-27-13-21(16-33-29(27)38-17-18-4-9-23(36-2)10-5-18)19-6-7-20(25(32)12-19)14-28(35)34-26-15-22(30)8-11-24(26)31/h4-13,15-16H,3,14,17H2,1-2H3,(H,34,35). The average Bonchev–Trinajstić information content (AvgIpc) is 2.91. The molecule has 1 heterocycles. The number of hydrogen-bond acceptors (Lipinski definition) is 5. The minimum absolute atomic E-state index is 0.0977. The third-order valence-corrected chi connectivity index (χ3v) is 5.59. The van der Waals surface area contributed by atoms with Crippen LogP contribution in [0.2, 0.25) is 0 Å². The Bertz CT molecular complexity index is 1430. The zero-order chi connectivity index (χ0) is 27.1. The summed E-state index contributed by atoms with van der Waals surface area (Å²) >= 11 is 0. The number of carbonyl (C=O) groups excluding carboxylic acids is 1. The third kappa shape index (κ3) is 6.61. The number of anilines is 1. The normalized spacial score (nSPS) is 10.7. The van der Waals surface area contributed by atoms with Crippen LogP contribution < -0.4 is 19.5 Å². The third-order valence-electron chi connectivity index (χ3n) is 5.59. The number of hydrogen-bond donors (Lipinski definition) is 1. The van der Waals surface area contributed by atoms with Gasteiger partial charge in [-0.15, -0.1) is 0 Å². The van der Waals surface area contributed by atoms with E-state index in [1.807, 2.05) is 31.2 Å². The fourth-order valence-corrected chi connectivity index (χ4v) is 3.66. The number of aromatic nitrogens is 1. The molecular weight excluding hydrogens is 497 g/mol. The van der Waals surface area contributed by atoms with Gasteiger partial charge in [0.25, 0.3) is 5.88 Å². The van der Waals surface area contributed by atoms with Crippen LogP contribution in [0.25, 0.3) is 11.1 Å². The molecule has 0 fully saturated rings.